The standard InChI is InChI=1S/C7H16O2/c1-6(2)9-5-7(3)4-8/h6-8H,4-5H2,1-3H3. The molecule has 0 saturated heterocycles. The molecule has 0 spiro atoms. The summed E-state index contributed by atoms with van der Waals surface area (Å²) in [6.07, 6.45) is 0.277. The van der Waals surface area contributed by atoms with E-state index in [0.29, 0.717) is 6.61 Å². The van der Waals surface area contributed by atoms with E-state index >= 15 is 0 Å². The van der Waals surface area contributed by atoms with Crippen LogP contribution in [-0.2, 0) is 4.74 Å². The highest BCUT2D eigenvalue weighted by Gasteiger charge is 2.00. The first-order valence-electron chi connectivity index (χ1n) is 3.39. The topological polar surface area (TPSA) is 29.5 Å². The van der Waals surface area contributed by atoms with Crippen molar-refractivity contribution in [3.05, 3.63) is 0 Å². The fraction of sp³-hybridized carbons (Fsp3) is 1.00. The Morgan fingerprint density at radius 3 is 2.22 bits per heavy atom. The quantitative estimate of drug-likeness (QED) is 0.619. The van der Waals surface area contributed by atoms with Gasteiger partial charge in [0.2, 0.25) is 0 Å². The van der Waals surface area contributed by atoms with Gasteiger partial charge in [-0.3, -0.25) is 0 Å². The molecule has 0 bridgehead atoms. The zero-order chi connectivity index (χ0) is 7.28. The summed E-state index contributed by atoms with van der Waals surface area (Å²) in [5.41, 5.74) is 0. The minimum atomic E-state index is 0.215. The van der Waals surface area contributed by atoms with Gasteiger partial charge in [-0.1, -0.05) is 6.92 Å². The molecule has 1 unspecified atom stereocenters. The molecule has 0 rings (SSSR count). The highest BCUT2D eigenvalue weighted by Crippen LogP contribution is 1.96. The van der Waals surface area contributed by atoms with Gasteiger partial charge in [0.1, 0.15) is 0 Å². The summed E-state index contributed by atoms with van der Waals surface area (Å²) >= 11 is 0. The first kappa shape index (κ1) is 8.92. The number of aliphatic hydroxyl groups is 1. The molecule has 0 heterocycles. The van der Waals surface area contributed by atoms with Gasteiger partial charge in [-0.2, -0.15) is 0 Å². The van der Waals surface area contributed by atoms with E-state index in [1.165, 1.54) is 0 Å². The van der Waals surface area contributed by atoms with Gasteiger partial charge in [-0.05, 0) is 13.8 Å². The molecule has 0 aromatic heterocycles. The Morgan fingerprint density at radius 2 is 1.89 bits per heavy atom. The largest absolute Gasteiger partial charge is 0.396 e. The zero-order valence-electron chi connectivity index (χ0n) is 6.42. The average molecular weight is 132 g/mol. The van der Waals surface area contributed by atoms with E-state index in [4.69, 9.17) is 9.84 Å². The van der Waals surface area contributed by atoms with Crippen LogP contribution < -0.4 is 0 Å². The summed E-state index contributed by atoms with van der Waals surface area (Å²) in [7, 11) is 0. The predicted octanol–water partition coefficient (Wildman–Crippen LogP) is 1.04. The van der Waals surface area contributed by atoms with Crippen molar-refractivity contribution in [2.75, 3.05) is 13.2 Å². The maximum atomic E-state index is 8.57. The lowest BCUT2D eigenvalue weighted by molar-refractivity contribution is 0.0395. The molecule has 0 aliphatic rings. The molecule has 1 N–H and O–H groups in total. The van der Waals surface area contributed by atoms with Crippen LogP contribution >= 0.6 is 0 Å². The van der Waals surface area contributed by atoms with Crippen molar-refractivity contribution in [1.29, 1.82) is 0 Å². The molecule has 0 aliphatic heterocycles. The predicted molar refractivity (Wildman–Crippen MR) is 37.3 cm³/mol. The minimum Gasteiger partial charge on any atom is -0.396 e. The van der Waals surface area contributed by atoms with E-state index in [1.807, 2.05) is 20.8 Å². The summed E-state index contributed by atoms with van der Waals surface area (Å²) in [6.45, 7) is 6.82. The van der Waals surface area contributed by atoms with Gasteiger partial charge in [0.25, 0.3) is 0 Å². The fourth-order valence-electron chi connectivity index (χ4n) is 0.409. The third kappa shape index (κ3) is 5.80. The van der Waals surface area contributed by atoms with E-state index in [0.717, 1.165) is 0 Å². The normalized spacial score (nSPS) is 14.3. The second kappa shape index (κ2) is 4.77. The molecule has 0 amide bonds. The third-order valence-corrected chi connectivity index (χ3v) is 1.03. The van der Waals surface area contributed by atoms with Gasteiger partial charge in [0.05, 0.1) is 12.7 Å². The van der Waals surface area contributed by atoms with Crippen LogP contribution in [0.1, 0.15) is 20.8 Å². The first-order chi connectivity index (χ1) is 4.16. The average Bonchev–Trinajstić information content (AvgIpc) is 1.83. The van der Waals surface area contributed by atoms with Crippen molar-refractivity contribution in [2.24, 2.45) is 5.92 Å². The summed E-state index contributed by atoms with van der Waals surface area (Å²) in [6, 6.07) is 0. The van der Waals surface area contributed by atoms with Crippen molar-refractivity contribution < 1.29 is 9.84 Å². The smallest absolute Gasteiger partial charge is 0.0519 e. The van der Waals surface area contributed by atoms with Crippen LogP contribution in [0.2, 0.25) is 0 Å². The van der Waals surface area contributed by atoms with Gasteiger partial charge in [0, 0.05) is 12.5 Å². The van der Waals surface area contributed by atoms with Crippen LogP contribution in [0.25, 0.3) is 0 Å². The lowest BCUT2D eigenvalue weighted by Crippen LogP contribution is -2.13. The molecule has 2 heteroatoms. The van der Waals surface area contributed by atoms with Crippen LogP contribution in [0.3, 0.4) is 0 Å². The van der Waals surface area contributed by atoms with Crippen molar-refractivity contribution in [3.8, 4) is 0 Å². The molecule has 2 nitrogen and oxygen atoms in total. The van der Waals surface area contributed by atoms with E-state index in [1.54, 1.807) is 0 Å². The van der Waals surface area contributed by atoms with Gasteiger partial charge in [-0.25, -0.2) is 0 Å². The molecular formula is C7H16O2. The third-order valence-electron chi connectivity index (χ3n) is 1.03. The lowest BCUT2D eigenvalue weighted by atomic mass is 10.2. The van der Waals surface area contributed by atoms with Crippen LogP contribution in [0, 0.1) is 5.92 Å². The number of ether oxygens (including phenoxy) is 1. The van der Waals surface area contributed by atoms with Crippen molar-refractivity contribution in [2.45, 2.75) is 26.9 Å². The van der Waals surface area contributed by atoms with Gasteiger partial charge >= 0.3 is 0 Å². The number of hydrogen-bond donors (Lipinski definition) is 1. The Labute approximate surface area is 56.8 Å². The Morgan fingerprint density at radius 1 is 1.33 bits per heavy atom. The van der Waals surface area contributed by atoms with Gasteiger partial charge < -0.3 is 9.84 Å². The molecule has 0 aromatic rings. The van der Waals surface area contributed by atoms with Crippen molar-refractivity contribution >= 4 is 0 Å². The lowest BCUT2D eigenvalue weighted by Gasteiger charge is -2.10. The van der Waals surface area contributed by atoms with Gasteiger partial charge in [-0.15, -0.1) is 0 Å². The summed E-state index contributed by atoms with van der Waals surface area (Å²) in [5.74, 6) is 0.271. The molecule has 9 heavy (non-hydrogen) atoms. The van der Waals surface area contributed by atoms with Crippen LogP contribution in [0.4, 0.5) is 0 Å². The molecule has 1 atom stereocenters. The molecule has 0 aliphatic carbocycles. The minimum absolute atomic E-state index is 0.215. The number of aliphatic hydroxyl groups excluding tert-OH is 1. The fourth-order valence-corrected chi connectivity index (χ4v) is 0.409. The molecule has 0 aromatic carbocycles. The Kier molecular flexibility index (Phi) is 4.72. The highest BCUT2D eigenvalue weighted by atomic mass is 16.5. The number of hydrogen-bond acceptors (Lipinski definition) is 2. The molecule has 0 radical (unpaired) electrons. The Balaban J connectivity index is 3.06. The second-order valence-corrected chi connectivity index (χ2v) is 2.67. The first-order valence-corrected chi connectivity index (χ1v) is 3.39. The van der Waals surface area contributed by atoms with Crippen molar-refractivity contribution in [3.63, 3.8) is 0 Å². The molecule has 0 saturated carbocycles. The second-order valence-electron chi connectivity index (χ2n) is 2.67. The van der Waals surface area contributed by atoms with Crippen molar-refractivity contribution in [1.82, 2.24) is 0 Å². The van der Waals surface area contributed by atoms with Crippen LogP contribution in [-0.4, -0.2) is 24.4 Å². The Bertz CT molecular complexity index is 61.9. The zero-order valence-corrected chi connectivity index (χ0v) is 6.42. The summed E-state index contributed by atoms with van der Waals surface area (Å²) in [4.78, 5) is 0. The monoisotopic (exact) mass is 132 g/mol. The Hall–Kier alpha value is -0.0800. The highest BCUT2D eigenvalue weighted by molar-refractivity contribution is 4.47. The molecular weight excluding hydrogens is 116 g/mol. The van der Waals surface area contributed by atoms with E-state index in [9.17, 15) is 0 Å². The maximum absolute atomic E-state index is 8.57. The van der Waals surface area contributed by atoms with E-state index in [2.05, 4.69) is 0 Å². The van der Waals surface area contributed by atoms with E-state index in [-0.39, 0.29) is 18.6 Å². The molecule has 0 fully saturated rings. The van der Waals surface area contributed by atoms with Crippen LogP contribution in [0.5, 0.6) is 0 Å². The SMILES string of the molecule is CC(CO)COC(C)C. The van der Waals surface area contributed by atoms with Gasteiger partial charge in [0.15, 0.2) is 0 Å². The summed E-state index contributed by atoms with van der Waals surface area (Å²) in [5, 5.41) is 8.57. The maximum Gasteiger partial charge on any atom is 0.0519 e. The van der Waals surface area contributed by atoms with E-state index < -0.39 is 0 Å². The summed E-state index contributed by atoms with van der Waals surface area (Å²) < 4.78 is 5.23. The van der Waals surface area contributed by atoms with Crippen LogP contribution in [0.15, 0.2) is 0 Å². The number of rotatable bonds is 4. The molecule has 56 valence electrons.